The largest absolute Gasteiger partial charge is 0.376 e. The van der Waals surface area contributed by atoms with Crippen LogP contribution in [0.1, 0.15) is 18.4 Å². The Morgan fingerprint density at radius 3 is 2.76 bits per heavy atom. The summed E-state index contributed by atoms with van der Waals surface area (Å²) in [5, 5.41) is 0. The standard InChI is InChI=1S/C14H18O3/c15-13(14-11-16-9-10-17-14)8-4-7-12-5-2-1-3-6-12/h1-3,5-6,14H,4,7-11H2. The Morgan fingerprint density at radius 2 is 2.06 bits per heavy atom. The lowest BCUT2D eigenvalue weighted by molar-refractivity contribution is -0.145. The third kappa shape index (κ3) is 3.95. The Hall–Kier alpha value is -1.19. The van der Waals surface area contributed by atoms with E-state index < -0.39 is 0 Å². The molecule has 1 saturated heterocycles. The molecule has 0 N–H and O–H groups in total. The molecule has 1 aromatic carbocycles. The SMILES string of the molecule is O=C(CCCc1ccccc1)C1COCCO1. The van der Waals surface area contributed by atoms with Gasteiger partial charge < -0.3 is 9.47 Å². The Kier molecular flexibility index (Phi) is 4.71. The van der Waals surface area contributed by atoms with Crippen LogP contribution >= 0.6 is 0 Å². The molecular formula is C14H18O3. The molecule has 2 rings (SSSR count). The summed E-state index contributed by atoms with van der Waals surface area (Å²) >= 11 is 0. The quantitative estimate of drug-likeness (QED) is 0.781. The first-order valence-electron chi connectivity index (χ1n) is 6.12. The van der Waals surface area contributed by atoms with Crippen LogP contribution in [0.2, 0.25) is 0 Å². The van der Waals surface area contributed by atoms with E-state index in [4.69, 9.17) is 9.47 Å². The molecule has 17 heavy (non-hydrogen) atoms. The van der Waals surface area contributed by atoms with Crippen LogP contribution in [-0.4, -0.2) is 31.7 Å². The summed E-state index contributed by atoms with van der Waals surface area (Å²) in [6.07, 6.45) is 2.06. The molecule has 0 bridgehead atoms. The van der Waals surface area contributed by atoms with Gasteiger partial charge in [0.25, 0.3) is 0 Å². The maximum absolute atomic E-state index is 11.8. The number of ketones is 1. The van der Waals surface area contributed by atoms with E-state index >= 15 is 0 Å². The average Bonchev–Trinajstić information content (AvgIpc) is 2.41. The minimum absolute atomic E-state index is 0.167. The van der Waals surface area contributed by atoms with Crippen LogP contribution in [0.15, 0.2) is 30.3 Å². The van der Waals surface area contributed by atoms with E-state index in [0.717, 1.165) is 12.8 Å². The van der Waals surface area contributed by atoms with Crippen LogP contribution in [0.3, 0.4) is 0 Å². The van der Waals surface area contributed by atoms with Gasteiger partial charge in [-0.25, -0.2) is 0 Å². The van der Waals surface area contributed by atoms with Crippen molar-refractivity contribution in [1.29, 1.82) is 0 Å². The molecule has 3 nitrogen and oxygen atoms in total. The monoisotopic (exact) mass is 234 g/mol. The molecule has 3 heteroatoms. The number of benzene rings is 1. The molecule has 0 saturated carbocycles. The summed E-state index contributed by atoms with van der Waals surface area (Å²) in [6, 6.07) is 10.2. The molecule has 1 heterocycles. The second-order valence-electron chi connectivity index (χ2n) is 4.24. The summed E-state index contributed by atoms with van der Waals surface area (Å²) in [4.78, 5) is 11.8. The minimum atomic E-state index is -0.334. The number of hydrogen-bond donors (Lipinski definition) is 0. The lowest BCUT2D eigenvalue weighted by atomic mass is 10.0. The van der Waals surface area contributed by atoms with Crippen molar-refractivity contribution in [3.05, 3.63) is 35.9 Å². The second kappa shape index (κ2) is 6.52. The highest BCUT2D eigenvalue weighted by Gasteiger charge is 2.21. The number of rotatable bonds is 5. The maximum atomic E-state index is 11.8. The molecule has 1 aromatic rings. The van der Waals surface area contributed by atoms with Crippen molar-refractivity contribution in [2.24, 2.45) is 0 Å². The van der Waals surface area contributed by atoms with Crippen molar-refractivity contribution in [3.8, 4) is 0 Å². The topological polar surface area (TPSA) is 35.5 Å². The van der Waals surface area contributed by atoms with Gasteiger partial charge in [-0.3, -0.25) is 4.79 Å². The van der Waals surface area contributed by atoms with Crippen LogP contribution < -0.4 is 0 Å². The molecule has 0 radical (unpaired) electrons. The van der Waals surface area contributed by atoms with Crippen molar-refractivity contribution in [1.82, 2.24) is 0 Å². The van der Waals surface area contributed by atoms with Crippen molar-refractivity contribution in [3.63, 3.8) is 0 Å². The number of hydrogen-bond acceptors (Lipinski definition) is 3. The average molecular weight is 234 g/mol. The first-order chi connectivity index (χ1) is 8.36. The fourth-order valence-electron chi connectivity index (χ4n) is 1.95. The number of carbonyl (C=O) groups excluding carboxylic acids is 1. The highest BCUT2D eigenvalue weighted by Crippen LogP contribution is 2.09. The van der Waals surface area contributed by atoms with Gasteiger partial charge in [-0.05, 0) is 18.4 Å². The third-order valence-electron chi connectivity index (χ3n) is 2.91. The molecular weight excluding hydrogens is 216 g/mol. The van der Waals surface area contributed by atoms with Gasteiger partial charge in [0.05, 0.1) is 19.8 Å². The molecule has 1 aliphatic rings. The van der Waals surface area contributed by atoms with E-state index in [2.05, 4.69) is 12.1 Å². The summed E-state index contributed by atoms with van der Waals surface area (Å²) < 4.78 is 10.6. The van der Waals surface area contributed by atoms with Gasteiger partial charge in [-0.15, -0.1) is 0 Å². The first kappa shape index (κ1) is 12.3. The third-order valence-corrected chi connectivity index (χ3v) is 2.91. The Bertz CT molecular complexity index is 342. The molecule has 1 fully saturated rings. The lowest BCUT2D eigenvalue weighted by Gasteiger charge is -2.21. The van der Waals surface area contributed by atoms with Crippen LogP contribution in [0, 0.1) is 0 Å². The normalized spacial score (nSPS) is 20.1. The highest BCUT2D eigenvalue weighted by molar-refractivity contribution is 5.83. The van der Waals surface area contributed by atoms with Crippen molar-refractivity contribution in [2.45, 2.75) is 25.4 Å². The van der Waals surface area contributed by atoms with E-state index in [1.54, 1.807) is 0 Å². The van der Waals surface area contributed by atoms with Gasteiger partial charge in [0.2, 0.25) is 0 Å². The summed E-state index contributed by atoms with van der Waals surface area (Å²) in [5.41, 5.74) is 1.28. The summed E-state index contributed by atoms with van der Waals surface area (Å²) in [7, 11) is 0. The van der Waals surface area contributed by atoms with Gasteiger partial charge in [0.1, 0.15) is 6.10 Å². The lowest BCUT2D eigenvalue weighted by Crippen LogP contribution is -2.35. The fraction of sp³-hybridized carbons (Fsp3) is 0.500. The van der Waals surface area contributed by atoms with E-state index in [-0.39, 0.29) is 11.9 Å². The number of aryl methyl sites for hydroxylation is 1. The molecule has 1 atom stereocenters. The van der Waals surface area contributed by atoms with Gasteiger partial charge >= 0.3 is 0 Å². The predicted octanol–water partition coefficient (Wildman–Crippen LogP) is 1.99. The van der Waals surface area contributed by atoms with Crippen LogP contribution in [-0.2, 0) is 20.7 Å². The molecule has 0 amide bonds. The number of carbonyl (C=O) groups is 1. The zero-order chi connectivity index (χ0) is 11.9. The van der Waals surface area contributed by atoms with E-state index in [9.17, 15) is 4.79 Å². The van der Waals surface area contributed by atoms with Gasteiger partial charge in [-0.2, -0.15) is 0 Å². The Balaban J connectivity index is 1.69. The molecule has 0 aliphatic carbocycles. The van der Waals surface area contributed by atoms with E-state index in [1.807, 2.05) is 18.2 Å². The fourth-order valence-corrected chi connectivity index (χ4v) is 1.95. The second-order valence-corrected chi connectivity index (χ2v) is 4.24. The number of Topliss-reactive ketones (excluding diaryl/α,β-unsaturated/α-hetero) is 1. The summed E-state index contributed by atoms with van der Waals surface area (Å²) in [6.45, 7) is 1.56. The van der Waals surface area contributed by atoms with Gasteiger partial charge in [-0.1, -0.05) is 30.3 Å². The van der Waals surface area contributed by atoms with Crippen LogP contribution in [0.4, 0.5) is 0 Å². The van der Waals surface area contributed by atoms with Gasteiger partial charge in [0, 0.05) is 6.42 Å². The van der Waals surface area contributed by atoms with E-state index in [1.165, 1.54) is 5.56 Å². The zero-order valence-corrected chi connectivity index (χ0v) is 9.93. The molecule has 1 unspecified atom stereocenters. The minimum Gasteiger partial charge on any atom is -0.376 e. The molecule has 92 valence electrons. The Labute approximate surface area is 102 Å². The predicted molar refractivity (Wildman–Crippen MR) is 64.9 cm³/mol. The van der Waals surface area contributed by atoms with Crippen molar-refractivity contribution >= 4 is 5.78 Å². The molecule has 0 aromatic heterocycles. The van der Waals surface area contributed by atoms with Crippen molar-refractivity contribution in [2.75, 3.05) is 19.8 Å². The van der Waals surface area contributed by atoms with Crippen molar-refractivity contribution < 1.29 is 14.3 Å². The zero-order valence-electron chi connectivity index (χ0n) is 9.93. The van der Waals surface area contributed by atoms with Crippen LogP contribution in [0.25, 0.3) is 0 Å². The molecule has 1 aliphatic heterocycles. The Morgan fingerprint density at radius 1 is 1.24 bits per heavy atom. The summed E-state index contributed by atoms with van der Waals surface area (Å²) in [5.74, 6) is 0.167. The number of ether oxygens (including phenoxy) is 2. The highest BCUT2D eigenvalue weighted by atomic mass is 16.6. The van der Waals surface area contributed by atoms with Gasteiger partial charge in [0.15, 0.2) is 5.78 Å². The van der Waals surface area contributed by atoms with Crippen LogP contribution in [0.5, 0.6) is 0 Å². The van der Waals surface area contributed by atoms with E-state index in [0.29, 0.717) is 26.2 Å². The molecule has 0 spiro atoms. The first-order valence-corrected chi connectivity index (χ1v) is 6.12. The smallest absolute Gasteiger partial charge is 0.163 e. The maximum Gasteiger partial charge on any atom is 0.163 e.